The van der Waals surface area contributed by atoms with Crippen molar-refractivity contribution in [2.75, 3.05) is 13.2 Å². The Labute approximate surface area is 381 Å². The summed E-state index contributed by atoms with van der Waals surface area (Å²) in [5.74, 6) is 0. The molecule has 0 spiro atoms. The molecule has 0 unspecified atom stereocenters. The highest BCUT2D eigenvalue weighted by molar-refractivity contribution is 4.56. The molecule has 2 nitrogen and oxygen atoms in total. The van der Waals surface area contributed by atoms with E-state index in [1.165, 1.54) is 347 Å². The molecule has 0 amide bonds. The van der Waals surface area contributed by atoms with E-state index in [2.05, 4.69) is 9.78 Å². The van der Waals surface area contributed by atoms with Gasteiger partial charge in [0.2, 0.25) is 0 Å². The average molecular weight is 846 g/mol. The van der Waals surface area contributed by atoms with E-state index in [4.69, 9.17) is 0 Å². The van der Waals surface area contributed by atoms with Gasteiger partial charge in [-0.05, 0) is 12.8 Å². The minimum absolute atomic E-state index is 0.778. The van der Waals surface area contributed by atoms with E-state index in [1.807, 2.05) is 0 Å². The molecule has 9 aliphatic carbocycles. The van der Waals surface area contributed by atoms with Gasteiger partial charge in [-0.3, -0.25) is 0 Å². The molecule has 1 heterocycles. The van der Waals surface area contributed by atoms with E-state index in [0.29, 0.717) is 0 Å². The molecule has 0 radical (unpaired) electrons. The molecule has 60 heavy (non-hydrogen) atoms. The molecule has 0 aromatic carbocycles. The topological polar surface area (TPSA) is 18.5 Å². The Morgan fingerprint density at radius 1 is 0.0833 bits per heavy atom. The first-order chi connectivity index (χ1) is 30.0. The number of hydrogen-bond donors (Lipinski definition) is 0. The van der Waals surface area contributed by atoms with Crippen LogP contribution in [0, 0.1) is 0 Å². The van der Waals surface area contributed by atoms with Crippen molar-refractivity contribution in [2.24, 2.45) is 0 Å². The smallest absolute Gasteiger partial charge is 0.0823 e. The molecule has 0 aromatic rings. The van der Waals surface area contributed by atoms with Crippen molar-refractivity contribution in [3.8, 4) is 0 Å². The second kappa shape index (κ2) is 55.1. The van der Waals surface area contributed by atoms with Crippen LogP contribution >= 0.6 is 0 Å². The van der Waals surface area contributed by atoms with Crippen LogP contribution in [0.2, 0.25) is 0 Å². The zero-order chi connectivity index (χ0) is 42.4. The fourth-order valence-electron chi connectivity index (χ4n) is 9.99. The van der Waals surface area contributed by atoms with Crippen molar-refractivity contribution in [3.63, 3.8) is 0 Å². The highest BCUT2D eigenvalue weighted by Crippen LogP contribution is 2.20. The first-order valence-electron chi connectivity index (χ1n) is 29.2. The Balaban J connectivity index is 0.000000333. The van der Waals surface area contributed by atoms with Crippen LogP contribution in [0.15, 0.2) is 0 Å². The summed E-state index contributed by atoms with van der Waals surface area (Å²) in [4.78, 5) is 9.14. The second-order valence-corrected chi connectivity index (χ2v) is 20.4. The van der Waals surface area contributed by atoms with Gasteiger partial charge in [0.1, 0.15) is 0 Å². The Bertz CT molecular complexity index is 367. The summed E-state index contributed by atoms with van der Waals surface area (Å²) in [6, 6.07) is 0. The second-order valence-electron chi connectivity index (χ2n) is 20.4. The molecular formula is C58H116O2. The molecule has 2 heteroatoms. The molecule has 360 valence electrons. The van der Waals surface area contributed by atoms with E-state index in [1.54, 1.807) is 0 Å². The molecule has 10 rings (SSSR count). The summed E-state index contributed by atoms with van der Waals surface area (Å²) in [6.45, 7) is 1.56. The van der Waals surface area contributed by atoms with Crippen molar-refractivity contribution < 1.29 is 9.78 Å². The van der Waals surface area contributed by atoms with Gasteiger partial charge in [0, 0.05) is 0 Å². The number of rotatable bonds is 0. The molecule has 10 aliphatic rings. The van der Waals surface area contributed by atoms with E-state index in [9.17, 15) is 0 Å². The largest absolute Gasteiger partial charge is 0.237 e. The lowest BCUT2D eigenvalue weighted by molar-refractivity contribution is -0.312. The maximum atomic E-state index is 4.57. The highest BCUT2D eigenvalue weighted by Gasteiger charge is 2.00. The highest BCUT2D eigenvalue weighted by atomic mass is 17.2. The Morgan fingerprint density at radius 3 is 0.183 bits per heavy atom. The number of hydrogen-bond acceptors (Lipinski definition) is 2. The van der Waals surface area contributed by atoms with E-state index in [-0.39, 0.29) is 0 Å². The fourth-order valence-corrected chi connectivity index (χ4v) is 9.99. The maximum absolute atomic E-state index is 4.57. The molecule has 9 saturated carbocycles. The van der Waals surface area contributed by atoms with Gasteiger partial charge in [0.15, 0.2) is 0 Å². The lowest BCUT2D eigenvalue weighted by atomic mass is 10.0. The van der Waals surface area contributed by atoms with E-state index >= 15 is 0 Å². The SMILES string of the molecule is C1CCCCC1.C1CCCCC1.C1CCCCC1.C1CCCCC1.C1CCCCC1.C1CCCCC1.C1CCCCC1.C1CCCCC1.C1CCCCC1.C1CCOOC1. The summed E-state index contributed by atoms with van der Waals surface area (Å²) in [5.41, 5.74) is 0. The predicted octanol–water partition coefficient (Wildman–Crippen LogP) is 21.8. The van der Waals surface area contributed by atoms with Crippen molar-refractivity contribution in [3.05, 3.63) is 0 Å². The lowest BCUT2D eigenvalue weighted by Crippen LogP contribution is -2.05. The monoisotopic (exact) mass is 845 g/mol. The third-order valence-corrected chi connectivity index (χ3v) is 14.3. The van der Waals surface area contributed by atoms with Gasteiger partial charge < -0.3 is 0 Å². The Kier molecular flexibility index (Phi) is 53.2. The van der Waals surface area contributed by atoms with Crippen molar-refractivity contribution in [1.82, 2.24) is 0 Å². The van der Waals surface area contributed by atoms with Crippen LogP contribution in [-0.4, -0.2) is 13.2 Å². The van der Waals surface area contributed by atoms with Crippen molar-refractivity contribution in [1.29, 1.82) is 0 Å². The zero-order valence-corrected chi connectivity index (χ0v) is 41.8. The standard InChI is InChI=1S/9C6H12.C4H8O2/c10*1-2-4-6-5-3-1/h9*1-6H2;1-4H2. The van der Waals surface area contributed by atoms with Gasteiger partial charge in [-0.15, -0.1) is 0 Å². The Hall–Kier alpha value is -0.0800. The average Bonchev–Trinajstić information content (AvgIpc) is 3.41. The lowest BCUT2D eigenvalue weighted by Gasteiger charge is -2.07. The molecule has 0 atom stereocenters. The van der Waals surface area contributed by atoms with Gasteiger partial charge >= 0.3 is 0 Å². The predicted molar refractivity (Wildman–Crippen MR) is 270 cm³/mol. The molecule has 0 bridgehead atoms. The van der Waals surface area contributed by atoms with Gasteiger partial charge in [-0.25, -0.2) is 9.78 Å². The zero-order valence-electron chi connectivity index (χ0n) is 41.8. The quantitative estimate of drug-likeness (QED) is 0.226. The van der Waals surface area contributed by atoms with Gasteiger partial charge in [0.25, 0.3) is 0 Å². The van der Waals surface area contributed by atoms with Crippen LogP contribution in [0.1, 0.15) is 360 Å². The summed E-state index contributed by atoms with van der Waals surface area (Å²) in [5, 5.41) is 0. The minimum Gasteiger partial charge on any atom is -0.237 e. The van der Waals surface area contributed by atoms with E-state index in [0.717, 1.165) is 26.1 Å². The van der Waals surface area contributed by atoms with Gasteiger partial charge in [-0.1, -0.05) is 347 Å². The Morgan fingerprint density at radius 2 is 0.150 bits per heavy atom. The molecule has 0 aromatic heterocycles. The molecule has 10 fully saturated rings. The summed E-state index contributed by atoms with van der Waals surface area (Å²) in [6.07, 6.45) is 83.3. The van der Waals surface area contributed by atoms with Crippen LogP contribution in [0.4, 0.5) is 0 Å². The van der Waals surface area contributed by atoms with Crippen LogP contribution in [0.3, 0.4) is 0 Å². The van der Waals surface area contributed by atoms with E-state index < -0.39 is 0 Å². The minimum atomic E-state index is 0.778. The molecule has 1 saturated heterocycles. The normalized spacial score (nSPS) is 24.0. The third-order valence-electron chi connectivity index (χ3n) is 14.3. The third kappa shape index (κ3) is 52.3. The van der Waals surface area contributed by atoms with Crippen LogP contribution < -0.4 is 0 Å². The molecule has 1 aliphatic heterocycles. The molecular weight excluding hydrogens is 729 g/mol. The summed E-state index contributed by atoms with van der Waals surface area (Å²) < 4.78 is 0. The first-order valence-corrected chi connectivity index (χ1v) is 29.2. The van der Waals surface area contributed by atoms with Crippen LogP contribution in [0.5, 0.6) is 0 Å². The van der Waals surface area contributed by atoms with Gasteiger partial charge in [-0.2, -0.15) is 0 Å². The maximum Gasteiger partial charge on any atom is 0.0823 e. The summed E-state index contributed by atoms with van der Waals surface area (Å²) in [7, 11) is 0. The van der Waals surface area contributed by atoms with Crippen LogP contribution in [-0.2, 0) is 9.78 Å². The van der Waals surface area contributed by atoms with Crippen molar-refractivity contribution in [2.45, 2.75) is 360 Å². The first kappa shape index (κ1) is 57.9. The van der Waals surface area contributed by atoms with Crippen LogP contribution in [0.25, 0.3) is 0 Å². The van der Waals surface area contributed by atoms with Crippen molar-refractivity contribution >= 4 is 0 Å². The molecule has 0 N–H and O–H groups in total. The summed E-state index contributed by atoms with van der Waals surface area (Å²) >= 11 is 0. The van der Waals surface area contributed by atoms with Gasteiger partial charge in [0.05, 0.1) is 13.2 Å². The fraction of sp³-hybridized carbons (Fsp3) is 1.00.